The van der Waals surface area contributed by atoms with Crippen LogP contribution in [0.1, 0.15) is 39.2 Å². The first-order valence-electron chi connectivity index (χ1n) is 13.4. The lowest BCUT2D eigenvalue weighted by Gasteiger charge is -2.21. The normalized spacial score (nSPS) is 15.7. The molecule has 1 fully saturated rings. The third-order valence-electron chi connectivity index (χ3n) is 7.64. The monoisotopic (exact) mass is 500 g/mol. The van der Waals surface area contributed by atoms with Gasteiger partial charge < -0.3 is 14.5 Å². The minimum absolute atomic E-state index is 0.0377. The van der Waals surface area contributed by atoms with Gasteiger partial charge in [-0.2, -0.15) is 0 Å². The van der Waals surface area contributed by atoms with Crippen molar-refractivity contribution in [3.63, 3.8) is 0 Å². The molecule has 0 radical (unpaired) electrons. The molecule has 5 aromatic rings. The van der Waals surface area contributed by atoms with Crippen LogP contribution in [0.2, 0.25) is 0 Å². The largest absolute Gasteiger partial charge is 0.457 e. The first-order valence-corrected chi connectivity index (χ1v) is 13.4. The summed E-state index contributed by atoms with van der Waals surface area (Å²) in [6.45, 7) is 7.61. The Hall–Kier alpha value is -4.25. The Balaban J connectivity index is 1.27. The van der Waals surface area contributed by atoms with Gasteiger partial charge in [-0.3, -0.25) is 4.57 Å². The number of nitrogens with zero attached hydrogens (tertiary/aromatic N) is 4. The highest BCUT2D eigenvalue weighted by molar-refractivity contribution is 6.09. The predicted octanol–water partition coefficient (Wildman–Crippen LogP) is 7.98. The summed E-state index contributed by atoms with van der Waals surface area (Å²) in [5.41, 5.74) is 4.66. The molecule has 5 heteroatoms. The number of para-hydroxylation sites is 1. The smallest absolute Gasteiger partial charge is 0.137 e. The average Bonchev–Trinajstić information content (AvgIpc) is 3.55. The van der Waals surface area contributed by atoms with Gasteiger partial charge in [-0.1, -0.05) is 45.0 Å². The predicted molar refractivity (Wildman–Crippen MR) is 155 cm³/mol. The van der Waals surface area contributed by atoms with Crippen LogP contribution in [0.25, 0.3) is 27.6 Å². The standard InChI is InChI=1S/C33H32N4O/c1-33(2,3)23-15-16-34-32(19-23)37-30-10-5-4-9-28(30)29-14-13-27(21-31(29)37)38-26-8-6-7-25(20-26)36-18-17-35(22-36)24-11-12-24/h4-10,13-21,24H,11-12,22H2,1-3H3. The molecule has 1 aliphatic heterocycles. The van der Waals surface area contributed by atoms with Crippen molar-refractivity contribution in [3.8, 4) is 17.3 Å². The van der Waals surface area contributed by atoms with E-state index in [-0.39, 0.29) is 5.41 Å². The molecule has 1 saturated carbocycles. The Bertz CT molecular complexity index is 1690. The fraction of sp³-hybridized carbons (Fsp3) is 0.242. The zero-order chi connectivity index (χ0) is 25.9. The maximum Gasteiger partial charge on any atom is 0.137 e. The molecule has 0 atom stereocenters. The zero-order valence-corrected chi connectivity index (χ0v) is 22.1. The van der Waals surface area contributed by atoms with Crippen molar-refractivity contribution in [2.45, 2.75) is 45.1 Å². The maximum absolute atomic E-state index is 6.44. The van der Waals surface area contributed by atoms with Crippen LogP contribution in [0.3, 0.4) is 0 Å². The molecule has 38 heavy (non-hydrogen) atoms. The van der Waals surface area contributed by atoms with Gasteiger partial charge in [0, 0.05) is 53.2 Å². The van der Waals surface area contributed by atoms with Crippen molar-refractivity contribution in [3.05, 3.63) is 103 Å². The minimum atomic E-state index is 0.0377. The van der Waals surface area contributed by atoms with E-state index in [4.69, 9.17) is 9.72 Å². The van der Waals surface area contributed by atoms with Crippen LogP contribution in [0.5, 0.6) is 11.5 Å². The second-order valence-corrected chi connectivity index (χ2v) is 11.4. The highest BCUT2D eigenvalue weighted by atomic mass is 16.5. The van der Waals surface area contributed by atoms with E-state index in [1.54, 1.807) is 0 Å². The van der Waals surface area contributed by atoms with Crippen LogP contribution in [0, 0.1) is 0 Å². The van der Waals surface area contributed by atoms with Gasteiger partial charge in [0.15, 0.2) is 0 Å². The third-order valence-corrected chi connectivity index (χ3v) is 7.64. The molecular weight excluding hydrogens is 468 g/mol. The molecule has 2 aromatic heterocycles. The molecule has 0 spiro atoms. The molecule has 1 aliphatic carbocycles. The van der Waals surface area contributed by atoms with E-state index in [2.05, 4.69) is 120 Å². The highest BCUT2D eigenvalue weighted by Gasteiger charge is 2.30. The van der Waals surface area contributed by atoms with E-state index < -0.39 is 0 Å². The first kappa shape index (κ1) is 22.9. The van der Waals surface area contributed by atoms with Gasteiger partial charge in [0.05, 0.1) is 17.7 Å². The summed E-state index contributed by atoms with van der Waals surface area (Å²) in [6, 6.07) is 28.3. The van der Waals surface area contributed by atoms with E-state index in [0.717, 1.165) is 40.7 Å². The Morgan fingerprint density at radius 1 is 0.789 bits per heavy atom. The number of anilines is 1. The molecule has 0 unspecified atom stereocenters. The van der Waals surface area contributed by atoms with E-state index >= 15 is 0 Å². The highest BCUT2D eigenvalue weighted by Crippen LogP contribution is 2.37. The minimum Gasteiger partial charge on any atom is -0.457 e. The molecule has 3 heterocycles. The number of ether oxygens (including phenoxy) is 1. The van der Waals surface area contributed by atoms with Crippen LogP contribution in [0.15, 0.2) is 97.5 Å². The topological polar surface area (TPSA) is 33.5 Å². The van der Waals surface area contributed by atoms with E-state index in [9.17, 15) is 0 Å². The molecule has 0 bridgehead atoms. The molecular formula is C33H32N4O. The van der Waals surface area contributed by atoms with Gasteiger partial charge >= 0.3 is 0 Å². The van der Waals surface area contributed by atoms with E-state index in [1.807, 2.05) is 12.3 Å². The zero-order valence-electron chi connectivity index (χ0n) is 22.1. The summed E-state index contributed by atoms with van der Waals surface area (Å²) in [7, 11) is 0. The van der Waals surface area contributed by atoms with Crippen molar-refractivity contribution in [1.29, 1.82) is 0 Å². The Morgan fingerprint density at radius 2 is 1.61 bits per heavy atom. The summed E-state index contributed by atoms with van der Waals surface area (Å²) in [4.78, 5) is 9.49. The van der Waals surface area contributed by atoms with Gasteiger partial charge in [0.2, 0.25) is 0 Å². The third kappa shape index (κ3) is 4.08. The van der Waals surface area contributed by atoms with Gasteiger partial charge in [0.25, 0.3) is 0 Å². The lowest BCUT2D eigenvalue weighted by Crippen LogP contribution is -2.26. The Kier molecular flexibility index (Phi) is 5.22. The maximum atomic E-state index is 6.44. The number of hydrogen-bond donors (Lipinski definition) is 0. The summed E-state index contributed by atoms with van der Waals surface area (Å²) >= 11 is 0. The number of benzene rings is 3. The van der Waals surface area contributed by atoms with Gasteiger partial charge in [-0.05, 0) is 66.3 Å². The van der Waals surface area contributed by atoms with E-state index in [0.29, 0.717) is 6.04 Å². The van der Waals surface area contributed by atoms with Crippen molar-refractivity contribution < 1.29 is 4.74 Å². The number of hydrogen-bond acceptors (Lipinski definition) is 4. The second kappa shape index (κ2) is 8.66. The molecule has 0 amide bonds. The van der Waals surface area contributed by atoms with Crippen LogP contribution >= 0.6 is 0 Å². The second-order valence-electron chi connectivity index (χ2n) is 11.4. The van der Waals surface area contributed by atoms with Crippen molar-refractivity contribution in [1.82, 2.24) is 14.5 Å². The summed E-state index contributed by atoms with van der Waals surface area (Å²) in [6.07, 6.45) is 8.90. The molecule has 7 rings (SSSR count). The lowest BCUT2D eigenvalue weighted by atomic mass is 9.88. The van der Waals surface area contributed by atoms with Crippen molar-refractivity contribution in [2.24, 2.45) is 0 Å². The van der Waals surface area contributed by atoms with Gasteiger partial charge in [0.1, 0.15) is 17.3 Å². The summed E-state index contributed by atoms with van der Waals surface area (Å²) < 4.78 is 8.69. The first-order chi connectivity index (χ1) is 18.4. The van der Waals surface area contributed by atoms with Gasteiger partial charge in [-0.25, -0.2) is 4.98 Å². The average molecular weight is 501 g/mol. The Morgan fingerprint density at radius 3 is 2.45 bits per heavy atom. The summed E-state index contributed by atoms with van der Waals surface area (Å²) in [5, 5.41) is 2.40. The quantitative estimate of drug-likeness (QED) is 0.245. The Labute approximate surface area is 223 Å². The van der Waals surface area contributed by atoms with Crippen LogP contribution in [0.4, 0.5) is 5.69 Å². The summed E-state index contributed by atoms with van der Waals surface area (Å²) in [5.74, 6) is 2.56. The number of rotatable bonds is 5. The molecule has 5 nitrogen and oxygen atoms in total. The van der Waals surface area contributed by atoms with Crippen LogP contribution < -0.4 is 9.64 Å². The molecule has 0 saturated heterocycles. The van der Waals surface area contributed by atoms with E-state index in [1.165, 1.54) is 29.2 Å². The fourth-order valence-electron chi connectivity index (χ4n) is 5.38. The van der Waals surface area contributed by atoms with Crippen molar-refractivity contribution >= 4 is 27.5 Å². The number of aromatic nitrogens is 2. The lowest BCUT2D eigenvalue weighted by molar-refractivity contribution is 0.396. The fourth-order valence-corrected chi connectivity index (χ4v) is 5.38. The van der Waals surface area contributed by atoms with Gasteiger partial charge in [-0.15, -0.1) is 0 Å². The molecule has 0 N–H and O–H groups in total. The molecule has 190 valence electrons. The van der Waals surface area contributed by atoms with Crippen LogP contribution in [-0.2, 0) is 5.41 Å². The van der Waals surface area contributed by atoms with Crippen molar-refractivity contribution in [2.75, 3.05) is 11.6 Å². The molecule has 2 aliphatic rings. The van der Waals surface area contributed by atoms with Crippen LogP contribution in [-0.4, -0.2) is 27.2 Å². The number of pyridine rings is 1. The molecule has 3 aromatic carbocycles. The SMILES string of the molecule is CC(C)(C)c1ccnc(-n2c3ccccc3c3ccc(Oc4cccc(N5C=CN(C6CC6)C5)c4)cc32)c1. The number of fused-ring (bicyclic) bond motifs is 3.